The van der Waals surface area contributed by atoms with Crippen LogP contribution in [0, 0.1) is 0 Å². The number of nitrogens with two attached hydrogens (primary N) is 1. The van der Waals surface area contributed by atoms with Gasteiger partial charge in [0.05, 0.1) is 33.8 Å². The van der Waals surface area contributed by atoms with Gasteiger partial charge in [0.15, 0.2) is 0 Å². The lowest BCUT2D eigenvalue weighted by molar-refractivity contribution is 0.0601. The van der Waals surface area contributed by atoms with Gasteiger partial charge in [-0.3, -0.25) is 4.79 Å². The highest BCUT2D eigenvalue weighted by Gasteiger charge is 2.18. The SMILES string of the molecule is COC(=O)c1ccc2c(c1)c(-c1nc3cc(Cl)c(Cl)cc3[nH]c1=O)cn2CCCN. The van der Waals surface area contributed by atoms with E-state index >= 15 is 0 Å². The summed E-state index contributed by atoms with van der Waals surface area (Å²) in [6, 6.07) is 8.39. The van der Waals surface area contributed by atoms with E-state index in [1.807, 2.05) is 16.8 Å². The summed E-state index contributed by atoms with van der Waals surface area (Å²) in [6.07, 6.45) is 2.61. The molecule has 7 nitrogen and oxygen atoms in total. The van der Waals surface area contributed by atoms with E-state index in [9.17, 15) is 9.59 Å². The molecule has 9 heteroatoms. The molecule has 0 bridgehead atoms. The molecular weight excluding hydrogens is 427 g/mol. The van der Waals surface area contributed by atoms with Gasteiger partial charge in [0.25, 0.3) is 5.56 Å². The monoisotopic (exact) mass is 444 g/mol. The number of aryl methyl sites for hydroxylation is 1. The lowest BCUT2D eigenvalue weighted by Gasteiger charge is -2.05. The van der Waals surface area contributed by atoms with Crippen LogP contribution in [0.15, 0.2) is 41.3 Å². The number of hydrogen-bond donors (Lipinski definition) is 2. The average molecular weight is 445 g/mol. The molecule has 2 aromatic carbocycles. The first-order chi connectivity index (χ1) is 14.4. The molecule has 2 heterocycles. The number of H-pyrrole nitrogens is 1. The van der Waals surface area contributed by atoms with E-state index in [2.05, 4.69) is 9.97 Å². The van der Waals surface area contributed by atoms with Gasteiger partial charge in [-0.2, -0.15) is 0 Å². The van der Waals surface area contributed by atoms with Gasteiger partial charge < -0.3 is 20.0 Å². The van der Waals surface area contributed by atoms with Crippen LogP contribution in [0.2, 0.25) is 10.0 Å². The van der Waals surface area contributed by atoms with Gasteiger partial charge in [0.2, 0.25) is 0 Å². The molecule has 0 spiro atoms. The molecule has 4 rings (SSSR count). The molecule has 4 aromatic rings. The highest BCUT2D eigenvalue weighted by Crippen LogP contribution is 2.31. The molecule has 2 aromatic heterocycles. The largest absolute Gasteiger partial charge is 0.465 e. The second-order valence-electron chi connectivity index (χ2n) is 6.80. The summed E-state index contributed by atoms with van der Waals surface area (Å²) in [5.74, 6) is -0.459. The molecule has 0 amide bonds. The number of aromatic amines is 1. The van der Waals surface area contributed by atoms with E-state index in [1.54, 1.807) is 24.3 Å². The van der Waals surface area contributed by atoms with Gasteiger partial charge >= 0.3 is 5.97 Å². The number of carbonyl (C=O) groups excluding carboxylic acids is 1. The van der Waals surface area contributed by atoms with Gasteiger partial charge in [0.1, 0.15) is 5.69 Å². The van der Waals surface area contributed by atoms with Crippen molar-refractivity contribution in [2.24, 2.45) is 5.73 Å². The molecule has 0 saturated carbocycles. The molecule has 0 radical (unpaired) electrons. The predicted molar refractivity (Wildman–Crippen MR) is 118 cm³/mol. The molecule has 3 N–H and O–H groups in total. The van der Waals surface area contributed by atoms with Crippen molar-refractivity contribution in [1.82, 2.24) is 14.5 Å². The molecule has 0 aliphatic heterocycles. The minimum absolute atomic E-state index is 0.222. The Morgan fingerprint density at radius 1 is 1.23 bits per heavy atom. The van der Waals surface area contributed by atoms with Gasteiger partial charge in [-0.05, 0) is 43.3 Å². The molecule has 0 saturated heterocycles. The molecule has 0 atom stereocenters. The Bertz CT molecular complexity index is 1340. The van der Waals surface area contributed by atoms with Gasteiger partial charge in [-0.1, -0.05) is 23.2 Å². The Balaban J connectivity index is 1.98. The maximum atomic E-state index is 12.9. The quantitative estimate of drug-likeness (QED) is 0.453. The summed E-state index contributed by atoms with van der Waals surface area (Å²) in [7, 11) is 1.32. The van der Waals surface area contributed by atoms with Crippen LogP contribution in [-0.2, 0) is 11.3 Å². The second-order valence-corrected chi connectivity index (χ2v) is 7.61. The fraction of sp³-hybridized carbons (Fsp3) is 0.190. The number of aromatic nitrogens is 3. The van der Waals surface area contributed by atoms with Crippen LogP contribution in [0.25, 0.3) is 33.2 Å². The lowest BCUT2D eigenvalue weighted by Crippen LogP contribution is -2.11. The first-order valence-corrected chi connectivity index (χ1v) is 9.99. The van der Waals surface area contributed by atoms with E-state index in [-0.39, 0.29) is 11.3 Å². The molecule has 30 heavy (non-hydrogen) atoms. The van der Waals surface area contributed by atoms with Crippen molar-refractivity contribution in [2.75, 3.05) is 13.7 Å². The number of esters is 1. The van der Waals surface area contributed by atoms with Gasteiger partial charge in [-0.25, -0.2) is 9.78 Å². The first-order valence-electron chi connectivity index (χ1n) is 9.23. The summed E-state index contributed by atoms with van der Waals surface area (Å²) >= 11 is 12.2. The fourth-order valence-electron chi connectivity index (χ4n) is 3.44. The highest BCUT2D eigenvalue weighted by atomic mass is 35.5. The number of ether oxygens (including phenoxy) is 1. The zero-order valence-corrected chi connectivity index (χ0v) is 17.5. The third-order valence-electron chi connectivity index (χ3n) is 4.89. The minimum atomic E-state index is -0.459. The Morgan fingerprint density at radius 3 is 2.73 bits per heavy atom. The van der Waals surface area contributed by atoms with E-state index in [4.69, 9.17) is 33.7 Å². The molecule has 0 fully saturated rings. The van der Waals surface area contributed by atoms with E-state index in [1.165, 1.54) is 7.11 Å². The van der Waals surface area contributed by atoms with Crippen molar-refractivity contribution in [3.63, 3.8) is 0 Å². The third-order valence-corrected chi connectivity index (χ3v) is 5.62. The Morgan fingerprint density at radius 2 is 2.00 bits per heavy atom. The first kappa shape index (κ1) is 20.4. The molecule has 0 unspecified atom stereocenters. The van der Waals surface area contributed by atoms with Crippen molar-refractivity contribution in [3.05, 3.63) is 62.5 Å². The minimum Gasteiger partial charge on any atom is -0.465 e. The average Bonchev–Trinajstić information content (AvgIpc) is 3.10. The number of rotatable bonds is 5. The molecule has 0 aliphatic carbocycles. The van der Waals surface area contributed by atoms with Crippen LogP contribution in [0.3, 0.4) is 0 Å². The standard InChI is InChI=1S/C21H18Cl2N4O3/c1-30-21(29)11-3-4-18-12(7-11)13(10-27(18)6-2-5-24)19-20(28)26-17-9-15(23)14(22)8-16(17)25-19/h3-4,7-10H,2,5-6,24H2,1H3,(H,26,28). The maximum Gasteiger partial charge on any atom is 0.337 e. The van der Waals surface area contributed by atoms with E-state index in [0.717, 1.165) is 11.9 Å². The summed E-state index contributed by atoms with van der Waals surface area (Å²) in [5.41, 5.74) is 8.35. The molecule has 0 aliphatic rings. The van der Waals surface area contributed by atoms with Crippen molar-refractivity contribution in [2.45, 2.75) is 13.0 Å². The van der Waals surface area contributed by atoms with Crippen molar-refractivity contribution in [1.29, 1.82) is 0 Å². The van der Waals surface area contributed by atoms with Crippen molar-refractivity contribution in [3.8, 4) is 11.3 Å². The summed E-state index contributed by atoms with van der Waals surface area (Å²) in [6.45, 7) is 1.20. The molecule has 154 valence electrons. The fourth-order valence-corrected chi connectivity index (χ4v) is 3.76. The van der Waals surface area contributed by atoms with Crippen molar-refractivity contribution < 1.29 is 9.53 Å². The van der Waals surface area contributed by atoms with Crippen LogP contribution in [0.4, 0.5) is 0 Å². The summed E-state index contributed by atoms with van der Waals surface area (Å²) in [4.78, 5) is 32.2. The van der Waals surface area contributed by atoms with Gasteiger partial charge in [-0.15, -0.1) is 0 Å². The lowest BCUT2D eigenvalue weighted by atomic mass is 10.1. The zero-order chi connectivity index (χ0) is 21.4. The predicted octanol–water partition coefficient (Wildman–Crippen LogP) is 3.99. The number of halogens is 2. The van der Waals surface area contributed by atoms with Crippen LogP contribution in [0.1, 0.15) is 16.8 Å². The number of benzene rings is 2. The number of hydrogen-bond acceptors (Lipinski definition) is 5. The Kier molecular flexibility index (Phi) is 5.51. The third kappa shape index (κ3) is 3.56. The van der Waals surface area contributed by atoms with Crippen molar-refractivity contribution >= 4 is 51.1 Å². The second kappa shape index (κ2) is 8.10. The number of nitrogens with zero attached hydrogens (tertiary/aromatic N) is 2. The zero-order valence-electron chi connectivity index (χ0n) is 16.0. The summed E-state index contributed by atoms with van der Waals surface area (Å²) in [5, 5.41) is 1.39. The normalized spacial score (nSPS) is 11.3. The number of fused-ring (bicyclic) bond motifs is 2. The number of carbonyl (C=O) groups is 1. The van der Waals surface area contributed by atoms with Gasteiger partial charge in [0, 0.05) is 29.2 Å². The van der Waals surface area contributed by atoms with Crippen LogP contribution in [-0.4, -0.2) is 34.2 Å². The topological polar surface area (TPSA) is 103 Å². The van der Waals surface area contributed by atoms with E-state index < -0.39 is 5.97 Å². The summed E-state index contributed by atoms with van der Waals surface area (Å²) < 4.78 is 6.83. The Labute approximate surface area is 181 Å². The van der Waals surface area contributed by atoms with E-state index in [0.29, 0.717) is 50.7 Å². The molecular formula is C21H18Cl2N4O3. The highest BCUT2D eigenvalue weighted by molar-refractivity contribution is 6.42. The Hall–Kier alpha value is -2.87. The maximum absolute atomic E-state index is 12.9. The smallest absolute Gasteiger partial charge is 0.337 e. The van der Waals surface area contributed by atoms with Crippen LogP contribution < -0.4 is 11.3 Å². The van der Waals surface area contributed by atoms with Crippen LogP contribution >= 0.6 is 23.2 Å². The van der Waals surface area contributed by atoms with Crippen LogP contribution in [0.5, 0.6) is 0 Å². The number of methoxy groups -OCH3 is 1. The number of nitrogens with one attached hydrogen (secondary N) is 1.